The molecule has 1 N–H and O–H groups in total. The third kappa shape index (κ3) is 3.94. The number of hydrogen-bond donors (Lipinski definition) is 1. The van der Waals surface area contributed by atoms with Crippen LogP contribution in [0.15, 0.2) is 48.5 Å². The fraction of sp³-hybridized carbons (Fsp3) is 0.350. The Bertz CT molecular complexity index is 829. The molecule has 0 fully saturated rings. The second-order valence-electron chi connectivity index (χ2n) is 5.94. The number of nitrogens with zero attached hydrogens (tertiary/aromatic N) is 2. The van der Waals surface area contributed by atoms with Crippen LogP contribution in [0.5, 0.6) is 11.5 Å². The second-order valence-corrected chi connectivity index (χ2v) is 5.94. The van der Waals surface area contributed by atoms with E-state index in [-0.39, 0.29) is 0 Å². The van der Waals surface area contributed by atoms with Crippen molar-refractivity contribution in [3.63, 3.8) is 0 Å². The molecule has 1 heterocycles. The Kier molecular flexibility index (Phi) is 5.56. The van der Waals surface area contributed by atoms with Crippen LogP contribution in [0.4, 0.5) is 0 Å². The van der Waals surface area contributed by atoms with Gasteiger partial charge in [0.15, 0.2) is 0 Å². The third-order valence-electron chi connectivity index (χ3n) is 4.17. The molecular weight excluding hydrogens is 316 g/mol. The number of aromatic nitrogens is 2. The molecule has 3 rings (SSSR count). The molecule has 132 valence electrons. The van der Waals surface area contributed by atoms with Gasteiger partial charge < -0.3 is 19.1 Å². The largest absolute Gasteiger partial charge is 0.497 e. The van der Waals surface area contributed by atoms with Crippen molar-refractivity contribution in [1.29, 1.82) is 0 Å². The zero-order valence-electron chi connectivity index (χ0n) is 14.7. The minimum atomic E-state index is -0.561. The summed E-state index contributed by atoms with van der Waals surface area (Å²) in [5.41, 5.74) is 1.91. The van der Waals surface area contributed by atoms with Gasteiger partial charge in [0.05, 0.1) is 24.7 Å². The first kappa shape index (κ1) is 17.3. The standard InChI is InChI=1S/C20H24N2O3/c1-3-7-19(23)20-21-17-10-4-5-11-18(17)22(20)12-13-25-16-9-6-8-15(14-16)24-2/h4-6,8-11,14,19,23H,3,7,12-13H2,1-2H3/t19-/m0/s1. The lowest BCUT2D eigenvalue weighted by Gasteiger charge is -2.14. The van der Waals surface area contributed by atoms with Gasteiger partial charge >= 0.3 is 0 Å². The van der Waals surface area contributed by atoms with E-state index in [0.29, 0.717) is 25.4 Å². The van der Waals surface area contributed by atoms with Crippen LogP contribution in [0.1, 0.15) is 31.7 Å². The summed E-state index contributed by atoms with van der Waals surface area (Å²) in [6, 6.07) is 15.5. The molecule has 1 aromatic heterocycles. The van der Waals surface area contributed by atoms with Crippen LogP contribution in [0.2, 0.25) is 0 Å². The van der Waals surface area contributed by atoms with E-state index in [1.807, 2.05) is 48.5 Å². The van der Waals surface area contributed by atoms with E-state index in [9.17, 15) is 5.11 Å². The summed E-state index contributed by atoms with van der Waals surface area (Å²) in [6.45, 7) is 3.16. The molecule has 1 atom stereocenters. The molecule has 0 aliphatic rings. The number of para-hydroxylation sites is 2. The highest BCUT2D eigenvalue weighted by Gasteiger charge is 2.17. The maximum atomic E-state index is 10.4. The number of rotatable bonds is 8. The molecule has 2 aromatic carbocycles. The molecule has 0 amide bonds. The Hall–Kier alpha value is -2.53. The first-order valence-electron chi connectivity index (χ1n) is 8.63. The van der Waals surface area contributed by atoms with Crippen LogP contribution in [0, 0.1) is 0 Å². The summed E-state index contributed by atoms with van der Waals surface area (Å²) in [5.74, 6) is 2.24. The number of aliphatic hydroxyl groups excluding tert-OH is 1. The van der Waals surface area contributed by atoms with Gasteiger partial charge in [0.25, 0.3) is 0 Å². The average molecular weight is 340 g/mol. The van der Waals surface area contributed by atoms with E-state index in [4.69, 9.17) is 9.47 Å². The van der Waals surface area contributed by atoms with Gasteiger partial charge in [0.2, 0.25) is 0 Å². The van der Waals surface area contributed by atoms with Crippen LogP contribution in [0.25, 0.3) is 11.0 Å². The molecule has 3 aromatic rings. The van der Waals surface area contributed by atoms with E-state index >= 15 is 0 Å². The van der Waals surface area contributed by atoms with Crippen LogP contribution >= 0.6 is 0 Å². The Morgan fingerprint density at radius 2 is 1.92 bits per heavy atom. The van der Waals surface area contributed by atoms with Gasteiger partial charge in [-0.2, -0.15) is 0 Å². The van der Waals surface area contributed by atoms with Crippen molar-refractivity contribution < 1.29 is 14.6 Å². The first-order valence-corrected chi connectivity index (χ1v) is 8.63. The second kappa shape index (κ2) is 8.03. The Morgan fingerprint density at radius 1 is 1.12 bits per heavy atom. The minimum absolute atomic E-state index is 0.485. The summed E-state index contributed by atoms with van der Waals surface area (Å²) in [4.78, 5) is 4.62. The number of imidazole rings is 1. The van der Waals surface area contributed by atoms with Gasteiger partial charge in [-0.3, -0.25) is 0 Å². The zero-order valence-corrected chi connectivity index (χ0v) is 14.7. The van der Waals surface area contributed by atoms with Gasteiger partial charge in [-0.15, -0.1) is 0 Å². The van der Waals surface area contributed by atoms with Gasteiger partial charge in [-0.1, -0.05) is 31.5 Å². The highest BCUT2D eigenvalue weighted by Crippen LogP contribution is 2.24. The molecule has 0 spiro atoms. The number of benzene rings is 2. The SMILES string of the molecule is CCC[C@H](O)c1nc2ccccc2n1CCOc1cccc(OC)c1. The molecule has 0 aliphatic carbocycles. The predicted molar refractivity (Wildman–Crippen MR) is 98.1 cm³/mol. The quantitative estimate of drug-likeness (QED) is 0.674. The van der Waals surface area contributed by atoms with Gasteiger partial charge in [-0.25, -0.2) is 4.98 Å². The van der Waals surface area contributed by atoms with Crippen LogP contribution < -0.4 is 9.47 Å². The van der Waals surface area contributed by atoms with Crippen molar-refractivity contribution in [2.24, 2.45) is 0 Å². The number of methoxy groups -OCH3 is 1. The molecule has 0 saturated heterocycles. The number of fused-ring (bicyclic) bond motifs is 1. The van der Waals surface area contributed by atoms with Crippen LogP contribution in [-0.4, -0.2) is 28.4 Å². The smallest absolute Gasteiger partial charge is 0.138 e. The molecule has 25 heavy (non-hydrogen) atoms. The van der Waals surface area contributed by atoms with E-state index in [1.54, 1.807) is 7.11 Å². The van der Waals surface area contributed by atoms with E-state index in [1.165, 1.54) is 0 Å². The summed E-state index contributed by atoms with van der Waals surface area (Å²) in [5, 5.41) is 10.4. The lowest BCUT2D eigenvalue weighted by Crippen LogP contribution is -2.14. The highest BCUT2D eigenvalue weighted by atomic mass is 16.5. The number of aliphatic hydroxyl groups is 1. The van der Waals surface area contributed by atoms with Gasteiger partial charge in [-0.05, 0) is 30.7 Å². The normalized spacial score (nSPS) is 12.3. The van der Waals surface area contributed by atoms with E-state index in [0.717, 1.165) is 29.0 Å². The average Bonchev–Trinajstić information content (AvgIpc) is 3.01. The number of hydrogen-bond acceptors (Lipinski definition) is 4. The number of ether oxygens (including phenoxy) is 2. The topological polar surface area (TPSA) is 56.5 Å². The molecule has 5 heteroatoms. The lowest BCUT2D eigenvalue weighted by atomic mass is 10.2. The summed E-state index contributed by atoms with van der Waals surface area (Å²) in [6.07, 6.45) is 1.04. The summed E-state index contributed by atoms with van der Waals surface area (Å²) < 4.78 is 13.1. The maximum Gasteiger partial charge on any atom is 0.138 e. The third-order valence-corrected chi connectivity index (χ3v) is 4.17. The molecule has 0 aliphatic heterocycles. The van der Waals surface area contributed by atoms with Crippen LogP contribution in [-0.2, 0) is 6.54 Å². The van der Waals surface area contributed by atoms with E-state index < -0.39 is 6.10 Å². The molecule has 0 saturated carbocycles. The monoisotopic (exact) mass is 340 g/mol. The Balaban J connectivity index is 1.78. The van der Waals surface area contributed by atoms with Crippen molar-refractivity contribution in [2.45, 2.75) is 32.4 Å². The maximum absolute atomic E-state index is 10.4. The van der Waals surface area contributed by atoms with Crippen molar-refractivity contribution >= 4 is 11.0 Å². The fourth-order valence-electron chi connectivity index (χ4n) is 2.93. The molecular formula is C20H24N2O3. The predicted octanol–water partition coefficient (Wildman–Crippen LogP) is 3.96. The van der Waals surface area contributed by atoms with E-state index in [2.05, 4.69) is 16.5 Å². The van der Waals surface area contributed by atoms with Crippen molar-refractivity contribution in [3.05, 3.63) is 54.4 Å². The fourth-order valence-corrected chi connectivity index (χ4v) is 2.93. The summed E-state index contributed by atoms with van der Waals surface area (Å²) >= 11 is 0. The Labute approximate surface area is 147 Å². The molecule has 0 radical (unpaired) electrons. The van der Waals surface area contributed by atoms with Crippen molar-refractivity contribution in [3.8, 4) is 11.5 Å². The molecule has 0 unspecified atom stereocenters. The highest BCUT2D eigenvalue weighted by molar-refractivity contribution is 5.76. The zero-order chi connectivity index (χ0) is 17.6. The van der Waals surface area contributed by atoms with Crippen molar-refractivity contribution in [2.75, 3.05) is 13.7 Å². The summed E-state index contributed by atoms with van der Waals surface area (Å²) in [7, 11) is 1.64. The Morgan fingerprint density at radius 3 is 2.72 bits per heavy atom. The van der Waals surface area contributed by atoms with Crippen molar-refractivity contribution in [1.82, 2.24) is 9.55 Å². The van der Waals surface area contributed by atoms with Gasteiger partial charge in [0, 0.05) is 6.07 Å². The lowest BCUT2D eigenvalue weighted by molar-refractivity contribution is 0.151. The van der Waals surface area contributed by atoms with Gasteiger partial charge in [0.1, 0.15) is 30.0 Å². The molecule has 5 nitrogen and oxygen atoms in total. The molecule has 0 bridgehead atoms. The first-order chi connectivity index (χ1) is 12.2. The van der Waals surface area contributed by atoms with Crippen LogP contribution in [0.3, 0.4) is 0 Å². The minimum Gasteiger partial charge on any atom is -0.497 e.